The number of hydrogen-bond donors (Lipinski definition) is 1. The molecule has 0 bridgehead atoms. The van der Waals surface area contributed by atoms with Crippen molar-refractivity contribution < 1.29 is 13.9 Å². The number of esters is 1. The smallest absolute Gasteiger partial charge is 0.323 e. The van der Waals surface area contributed by atoms with Crippen LogP contribution in [0.3, 0.4) is 0 Å². The normalized spacial score (nSPS) is 14.7. The van der Waals surface area contributed by atoms with Crippen LogP contribution in [0.5, 0.6) is 0 Å². The first-order chi connectivity index (χ1) is 9.17. The van der Waals surface area contributed by atoms with Crippen LogP contribution < -0.4 is 5.32 Å². The van der Waals surface area contributed by atoms with E-state index >= 15 is 0 Å². The van der Waals surface area contributed by atoms with Crippen molar-refractivity contribution in [2.75, 3.05) is 0 Å². The van der Waals surface area contributed by atoms with Crippen LogP contribution >= 0.6 is 0 Å². The molecule has 20 heavy (non-hydrogen) atoms. The third-order valence-electron chi connectivity index (χ3n) is 2.75. The maximum absolute atomic E-state index is 12.8. The topological polar surface area (TPSA) is 38.3 Å². The molecule has 2 unspecified atom stereocenters. The molecule has 0 saturated heterocycles. The van der Waals surface area contributed by atoms with Gasteiger partial charge >= 0.3 is 5.97 Å². The second-order valence-corrected chi connectivity index (χ2v) is 6.15. The summed E-state index contributed by atoms with van der Waals surface area (Å²) in [4.78, 5) is 11.9. The summed E-state index contributed by atoms with van der Waals surface area (Å²) in [6.07, 6.45) is 0.730. The average molecular weight is 281 g/mol. The van der Waals surface area contributed by atoms with Gasteiger partial charge in [-0.1, -0.05) is 12.1 Å². The number of rotatable bonds is 5. The Morgan fingerprint density at radius 2 is 1.80 bits per heavy atom. The van der Waals surface area contributed by atoms with Crippen LogP contribution in [-0.2, 0) is 16.0 Å². The highest BCUT2D eigenvalue weighted by Crippen LogP contribution is 2.10. The number of hydrogen-bond acceptors (Lipinski definition) is 3. The fraction of sp³-hybridized carbons (Fsp3) is 0.562. The molecule has 0 aromatic heterocycles. The Bertz CT molecular complexity index is 437. The molecule has 0 heterocycles. The first-order valence-corrected chi connectivity index (χ1v) is 6.91. The van der Waals surface area contributed by atoms with Crippen LogP contribution in [0, 0.1) is 5.82 Å². The molecule has 0 saturated carbocycles. The zero-order chi connectivity index (χ0) is 15.3. The predicted molar refractivity (Wildman–Crippen MR) is 78.0 cm³/mol. The molecule has 0 aliphatic heterocycles. The summed E-state index contributed by atoms with van der Waals surface area (Å²) < 4.78 is 18.1. The molecule has 112 valence electrons. The molecular weight excluding hydrogens is 257 g/mol. The Kier molecular flexibility index (Phi) is 5.69. The fourth-order valence-corrected chi connectivity index (χ4v) is 1.92. The van der Waals surface area contributed by atoms with Gasteiger partial charge in [0.2, 0.25) is 0 Å². The molecule has 0 aliphatic carbocycles. The summed E-state index contributed by atoms with van der Waals surface area (Å²) in [6, 6.07) is 6.13. The summed E-state index contributed by atoms with van der Waals surface area (Å²) in [5.41, 5.74) is 0.551. The van der Waals surface area contributed by atoms with Gasteiger partial charge in [0.05, 0.1) is 0 Å². The van der Waals surface area contributed by atoms with Crippen LogP contribution in [0.15, 0.2) is 24.3 Å². The van der Waals surface area contributed by atoms with E-state index in [1.54, 1.807) is 19.1 Å². The van der Waals surface area contributed by atoms with Crippen molar-refractivity contribution in [1.29, 1.82) is 0 Å². The number of nitrogens with one attached hydrogen (secondary N) is 1. The molecule has 0 spiro atoms. The lowest BCUT2D eigenvalue weighted by atomic mass is 10.1. The minimum Gasteiger partial charge on any atom is -0.459 e. The molecule has 1 N–H and O–H groups in total. The molecular formula is C16H24FNO2. The maximum Gasteiger partial charge on any atom is 0.323 e. The molecule has 4 heteroatoms. The number of carbonyl (C=O) groups excluding carboxylic acids is 1. The third kappa shape index (κ3) is 6.15. The lowest BCUT2D eigenvalue weighted by Crippen LogP contribution is -2.43. The summed E-state index contributed by atoms with van der Waals surface area (Å²) in [5.74, 6) is -0.500. The quantitative estimate of drug-likeness (QED) is 0.843. The minimum atomic E-state index is -0.479. The molecule has 0 amide bonds. The standard InChI is InChI=1S/C16H24FNO2/c1-11(10-13-6-8-14(17)9-7-13)18-12(2)15(19)20-16(3,4)5/h6-9,11-12,18H,10H2,1-5H3. The van der Waals surface area contributed by atoms with E-state index in [0.29, 0.717) is 0 Å². The Morgan fingerprint density at radius 1 is 1.25 bits per heavy atom. The van der Waals surface area contributed by atoms with Crippen molar-refractivity contribution in [2.45, 2.75) is 58.7 Å². The monoisotopic (exact) mass is 281 g/mol. The van der Waals surface area contributed by atoms with E-state index < -0.39 is 5.60 Å². The zero-order valence-corrected chi connectivity index (χ0v) is 12.9. The summed E-state index contributed by atoms with van der Waals surface area (Å²) in [7, 11) is 0. The van der Waals surface area contributed by atoms with E-state index in [0.717, 1.165) is 12.0 Å². The van der Waals surface area contributed by atoms with E-state index in [1.165, 1.54) is 12.1 Å². The van der Waals surface area contributed by atoms with Gasteiger partial charge in [0.15, 0.2) is 0 Å². The Balaban J connectivity index is 2.47. The van der Waals surface area contributed by atoms with Crippen molar-refractivity contribution in [3.8, 4) is 0 Å². The van der Waals surface area contributed by atoms with Gasteiger partial charge in [-0.2, -0.15) is 0 Å². The molecule has 1 aromatic carbocycles. The second-order valence-electron chi connectivity index (χ2n) is 6.15. The summed E-state index contributed by atoms with van der Waals surface area (Å²) in [6.45, 7) is 9.32. The van der Waals surface area contributed by atoms with Crippen molar-refractivity contribution in [1.82, 2.24) is 5.32 Å². The van der Waals surface area contributed by atoms with E-state index in [1.807, 2.05) is 27.7 Å². The number of benzene rings is 1. The van der Waals surface area contributed by atoms with Gasteiger partial charge in [-0.25, -0.2) is 4.39 Å². The van der Waals surface area contributed by atoms with Crippen molar-refractivity contribution in [2.24, 2.45) is 0 Å². The van der Waals surface area contributed by atoms with Gasteiger partial charge in [0, 0.05) is 6.04 Å². The molecule has 0 fully saturated rings. The van der Waals surface area contributed by atoms with Gasteiger partial charge in [-0.15, -0.1) is 0 Å². The number of carbonyl (C=O) groups is 1. The van der Waals surface area contributed by atoms with Gasteiger partial charge in [-0.05, 0) is 58.7 Å². The molecule has 0 aliphatic rings. The Morgan fingerprint density at radius 3 is 2.30 bits per heavy atom. The molecule has 1 rings (SSSR count). The SMILES string of the molecule is CC(Cc1ccc(F)cc1)NC(C)C(=O)OC(C)(C)C. The van der Waals surface area contributed by atoms with Crippen LogP contribution in [0.25, 0.3) is 0 Å². The fourth-order valence-electron chi connectivity index (χ4n) is 1.92. The first kappa shape index (κ1) is 16.6. The summed E-state index contributed by atoms with van der Waals surface area (Å²) >= 11 is 0. The first-order valence-electron chi connectivity index (χ1n) is 6.91. The van der Waals surface area contributed by atoms with Crippen LogP contribution in [0.1, 0.15) is 40.2 Å². The van der Waals surface area contributed by atoms with E-state index in [2.05, 4.69) is 5.32 Å². The largest absolute Gasteiger partial charge is 0.459 e. The average Bonchev–Trinajstić information content (AvgIpc) is 2.29. The highest BCUT2D eigenvalue weighted by Gasteiger charge is 2.22. The Hall–Kier alpha value is -1.42. The van der Waals surface area contributed by atoms with Gasteiger partial charge < -0.3 is 10.1 Å². The van der Waals surface area contributed by atoms with Crippen LogP contribution in [0.4, 0.5) is 4.39 Å². The number of ether oxygens (including phenoxy) is 1. The van der Waals surface area contributed by atoms with Crippen molar-refractivity contribution in [3.05, 3.63) is 35.6 Å². The van der Waals surface area contributed by atoms with Gasteiger partial charge in [-0.3, -0.25) is 4.79 Å². The number of halogens is 1. The molecule has 3 nitrogen and oxygen atoms in total. The molecule has 0 radical (unpaired) electrons. The minimum absolute atomic E-state index is 0.1000. The van der Waals surface area contributed by atoms with Crippen LogP contribution in [-0.4, -0.2) is 23.7 Å². The molecule has 2 atom stereocenters. The van der Waals surface area contributed by atoms with E-state index in [9.17, 15) is 9.18 Å². The third-order valence-corrected chi connectivity index (χ3v) is 2.75. The van der Waals surface area contributed by atoms with Crippen LogP contribution in [0.2, 0.25) is 0 Å². The zero-order valence-electron chi connectivity index (χ0n) is 12.9. The van der Waals surface area contributed by atoms with Gasteiger partial charge in [0.25, 0.3) is 0 Å². The second kappa shape index (κ2) is 6.84. The molecule has 1 aromatic rings. The van der Waals surface area contributed by atoms with E-state index in [4.69, 9.17) is 4.74 Å². The highest BCUT2D eigenvalue weighted by molar-refractivity contribution is 5.75. The highest BCUT2D eigenvalue weighted by atomic mass is 19.1. The lowest BCUT2D eigenvalue weighted by Gasteiger charge is -2.24. The predicted octanol–water partition coefficient (Wildman–Crippen LogP) is 3.08. The Labute approximate surface area is 120 Å². The van der Waals surface area contributed by atoms with E-state index in [-0.39, 0.29) is 23.9 Å². The van der Waals surface area contributed by atoms with Gasteiger partial charge in [0.1, 0.15) is 17.5 Å². The summed E-state index contributed by atoms with van der Waals surface area (Å²) in [5, 5.41) is 3.20. The lowest BCUT2D eigenvalue weighted by molar-refractivity contribution is -0.157. The van der Waals surface area contributed by atoms with Crippen molar-refractivity contribution in [3.63, 3.8) is 0 Å². The van der Waals surface area contributed by atoms with Crippen molar-refractivity contribution >= 4 is 5.97 Å². The maximum atomic E-state index is 12.8.